The first kappa shape index (κ1) is 34.1. The lowest BCUT2D eigenvalue weighted by Gasteiger charge is -2.34. The van der Waals surface area contributed by atoms with Gasteiger partial charge in [0.05, 0.1) is 12.2 Å². The van der Waals surface area contributed by atoms with Gasteiger partial charge in [0.2, 0.25) is 11.8 Å². The number of carbonyl (C=O) groups is 4. The van der Waals surface area contributed by atoms with E-state index in [-0.39, 0.29) is 37.0 Å². The van der Waals surface area contributed by atoms with Gasteiger partial charge >= 0.3 is 12.1 Å². The number of hydrogen-bond donors (Lipinski definition) is 6. The number of ether oxygens (including phenoxy) is 1. The number of rotatable bonds is 4. The molecular weight excluding hydrogens is 646 g/mol. The largest absolute Gasteiger partial charge is 0.479 e. The molecule has 0 aromatic carbocycles. The first-order valence-electron chi connectivity index (χ1n) is 16.5. The molecule has 0 aromatic rings. The summed E-state index contributed by atoms with van der Waals surface area (Å²) in [6.45, 7) is 7.75. The van der Waals surface area contributed by atoms with E-state index in [9.17, 15) is 24.3 Å². The molecule has 2 aliphatic carbocycles. The summed E-state index contributed by atoms with van der Waals surface area (Å²) >= 11 is 3.78. The molecule has 2 saturated heterocycles. The SMILES string of the molecule is CC1CC(C2NNN([C@@H]3C[C@H]4C(=O)N[C@]5(C(=O)O)C[C@H]5/C=C\CCCCC[C@H](NC(=O)OC(C)(C)C)C(=O)N4C3)N2)CCC1Br. The second-order valence-electron chi connectivity index (χ2n) is 14.5. The molecule has 0 radical (unpaired) electrons. The molecule has 3 heterocycles. The number of allylic oxidation sites excluding steroid dienone is 1. The van der Waals surface area contributed by atoms with Crippen LogP contribution in [0.1, 0.15) is 91.9 Å². The van der Waals surface area contributed by atoms with Crippen LogP contribution in [0, 0.1) is 17.8 Å². The minimum Gasteiger partial charge on any atom is -0.479 e. The highest BCUT2D eigenvalue weighted by atomic mass is 79.9. The topological polar surface area (TPSA) is 164 Å². The smallest absolute Gasteiger partial charge is 0.408 e. The molecule has 45 heavy (non-hydrogen) atoms. The van der Waals surface area contributed by atoms with E-state index in [4.69, 9.17) is 4.74 Å². The van der Waals surface area contributed by atoms with E-state index in [0.29, 0.717) is 35.9 Å². The highest BCUT2D eigenvalue weighted by molar-refractivity contribution is 9.09. The molecular formula is C31H50BrN7O6. The third-order valence-electron chi connectivity index (χ3n) is 9.89. The van der Waals surface area contributed by atoms with Crippen LogP contribution >= 0.6 is 15.9 Å². The molecule has 14 heteroatoms. The minimum atomic E-state index is -1.38. The molecule has 13 nitrogen and oxygen atoms in total. The van der Waals surface area contributed by atoms with Crippen molar-refractivity contribution in [3.05, 3.63) is 12.2 Å². The maximum absolute atomic E-state index is 14.2. The van der Waals surface area contributed by atoms with Gasteiger partial charge in [-0.1, -0.05) is 47.8 Å². The number of carbonyl (C=O) groups excluding carboxylic acids is 3. The lowest BCUT2D eigenvalue weighted by Crippen LogP contribution is -2.56. The second-order valence-corrected chi connectivity index (χ2v) is 15.7. The summed E-state index contributed by atoms with van der Waals surface area (Å²) in [6, 6.07) is -2.09. The number of carboxylic acid groups (broad SMARTS) is 1. The Morgan fingerprint density at radius 1 is 1.13 bits per heavy atom. The fourth-order valence-corrected chi connectivity index (χ4v) is 7.67. The number of aliphatic carboxylic acids is 1. The van der Waals surface area contributed by atoms with Crippen LogP contribution in [0.4, 0.5) is 4.79 Å². The van der Waals surface area contributed by atoms with Crippen molar-refractivity contribution >= 4 is 39.8 Å². The molecule has 2 saturated carbocycles. The first-order valence-corrected chi connectivity index (χ1v) is 17.4. The predicted octanol–water partition coefficient (Wildman–Crippen LogP) is 2.68. The van der Waals surface area contributed by atoms with Gasteiger partial charge < -0.3 is 25.4 Å². The summed E-state index contributed by atoms with van der Waals surface area (Å²) < 4.78 is 5.48. The van der Waals surface area contributed by atoms with Gasteiger partial charge in [-0.05, 0) is 84.0 Å². The van der Waals surface area contributed by atoms with Crippen molar-refractivity contribution in [2.45, 2.75) is 132 Å². The van der Waals surface area contributed by atoms with Gasteiger partial charge in [0, 0.05) is 17.3 Å². The Bertz CT molecular complexity index is 1170. The first-order chi connectivity index (χ1) is 21.3. The van der Waals surface area contributed by atoms with Crippen LogP contribution in [0.2, 0.25) is 0 Å². The number of amides is 3. The number of halogens is 1. The number of hydrazine groups is 3. The molecule has 3 amide bonds. The predicted molar refractivity (Wildman–Crippen MR) is 170 cm³/mol. The molecule has 0 bridgehead atoms. The Morgan fingerprint density at radius 2 is 1.91 bits per heavy atom. The number of alkyl carbamates (subject to hydrolysis) is 1. The van der Waals surface area contributed by atoms with Crippen LogP contribution in [-0.4, -0.2) is 85.8 Å². The average Bonchev–Trinajstić information content (AvgIpc) is 3.28. The highest BCUT2D eigenvalue weighted by Crippen LogP contribution is 2.45. The lowest BCUT2D eigenvalue weighted by molar-refractivity contribution is -0.145. The van der Waals surface area contributed by atoms with Gasteiger partial charge in [0.25, 0.3) is 0 Å². The summed E-state index contributed by atoms with van der Waals surface area (Å²) in [6.07, 6.45) is 10.6. The molecule has 4 unspecified atom stereocenters. The van der Waals surface area contributed by atoms with E-state index in [1.165, 1.54) is 4.90 Å². The number of nitrogens with zero attached hydrogens (tertiary/aromatic N) is 2. The zero-order valence-electron chi connectivity index (χ0n) is 26.8. The average molecular weight is 697 g/mol. The van der Waals surface area contributed by atoms with Crippen LogP contribution in [-0.2, 0) is 19.1 Å². The van der Waals surface area contributed by atoms with Gasteiger partial charge in [-0.2, -0.15) is 10.7 Å². The van der Waals surface area contributed by atoms with E-state index in [0.717, 1.165) is 38.5 Å². The summed E-state index contributed by atoms with van der Waals surface area (Å²) in [5.41, 5.74) is 7.97. The Balaban J connectivity index is 1.36. The van der Waals surface area contributed by atoms with Gasteiger partial charge in [-0.15, -0.1) is 0 Å². The Morgan fingerprint density at radius 3 is 2.62 bits per heavy atom. The molecule has 0 aromatic heterocycles. The number of nitrogens with one attached hydrogen (secondary N) is 5. The van der Waals surface area contributed by atoms with Crippen molar-refractivity contribution in [2.75, 3.05) is 6.54 Å². The maximum atomic E-state index is 14.2. The van der Waals surface area contributed by atoms with Crippen LogP contribution in [0.15, 0.2) is 12.2 Å². The highest BCUT2D eigenvalue weighted by Gasteiger charge is 2.61. The third-order valence-corrected chi connectivity index (χ3v) is 11.2. The molecule has 4 fully saturated rings. The fraction of sp³-hybridized carbons (Fsp3) is 0.806. The van der Waals surface area contributed by atoms with E-state index >= 15 is 0 Å². The van der Waals surface area contributed by atoms with Gasteiger partial charge in [-0.3, -0.25) is 9.59 Å². The van der Waals surface area contributed by atoms with Gasteiger partial charge in [-0.25, -0.2) is 20.4 Å². The molecule has 252 valence electrons. The monoisotopic (exact) mass is 695 g/mol. The van der Waals surface area contributed by atoms with E-state index < -0.39 is 41.2 Å². The van der Waals surface area contributed by atoms with Crippen molar-refractivity contribution < 1.29 is 29.0 Å². The van der Waals surface area contributed by atoms with E-state index in [2.05, 4.69) is 49.9 Å². The van der Waals surface area contributed by atoms with Crippen molar-refractivity contribution in [1.29, 1.82) is 0 Å². The summed E-state index contributed by atoms with van der Waals surface area (Å²) in [5, 5.41) is 17.6. The van der Waals surface area contributed by atoms with Crippen molar-refractivity contribution in [1.82, 2.24) is 37.0 Å². The zero-order chi connectivity index (χ0) is 32.5. The summed E-state index contributed by atoms with van der Waals surface area (Å²) in [4.78, 5) is 55.3. The van der Waals surface area contributed by atoms with Crippen molar-refractivity contribution in [3.63, 3.8) is 0 Å². The molecule has 0 spiro atoms. The molecule has 5 aliphatic rings. The van der Waals surface area contributed by atoms with Crippen molar-refractivity contribution in [2.24, 2.45) is 17.8 Å². The molecule has 6 N–H and O–H groups in total. The van der Waals surface area contributed by atoms with Crippen LogP contribution in [0.25, 0.3) is 0 Å². The van der Waals surface area contributed by atoms with E-state index in [1.54, 1.807) is 20.8 Å². The molecule has 5 rings (SSSR count). The van der Waals surface area contributed by atoms with Crippen LogP contribution < -0.4 is 27.0 Å². The fourth-order valence-electron chi connectivity index (χ4n) is 7.19. The summed E-state index contributed by atoms with van der Waals surface area (Å²) in [5.74, 6) is -1.29. The Kier molecular flexibility index (Phi) is 10.5. The third kappa shape index (κ3) is 8.01. The Hall–Kier alpha value is -2.26. The van der Waals surface area contributed by atoms with E-state index in [1.807, 2.05) is 17.3 Å². The van der Waals surface area contributed by atoms with Crippen LogP contribution in [0.5, 0.6) is 0 Å². The molecule has 3 aliphatic heterocycles. The number of hydrogen-bond acceptors (Lipinski definition) is 9. The molecule has 9 atom stereocenters. The Labute approximate surface area is 274 Å². The maximum Gasteiger partial charge on any atom is 0.408 e. The van der Waals surface area contributed by atoms with Crippen LogP contribution in [0.3, 0.4) is 0 Å². The standard InChI is InChI=1S/C31H50BrN7O6/c1-18-14-19(12-13-22(18)32)25-35-37-39(36-25)21-15-24-26(40)34-31(28(42)43)16-20(31)10-8-6-5-7-9-11-23(27(41)38(24)17-21)33-29(44)45-30(2,3)4/h8,10,18-25,35-37H,5-7,9,11-17H2,1-4H3,(H,33,44)(H,34,40)(H,42,43)/b10-8-/t18?,19?,20-,21-,22?,23+,24+,25?,31-/m1/s1. The second kappa shape index (κ2) is 13.8. The van der Waals surface area contributed by atoms with Gasteiger partial charge in [0.15, 0.2) is 0 Å². The number of fused-ring (bicyclic) bond motifs is 2. The summed E-state index contributed by atoms with van der Waals surface area (Å²) in [7, 11) is 0. The number of alkyl halides is 1. The zero-order valence-corrected chi connectivity index (χ0v) is 28.4. The lowest BCUT2D eigenvalue weighted by atomic mass is 9.81. The quantitative estimate of drug-likeness (QED) is 0.190. The normalized spacial score (nSPS) is 39.1. The number of carboxylic acids is 1. The minimum absolute atomic E-state index is 0.00843. The van der Waals surface area contributed by atoms with Gasteiger partial charge in [0.1, 0.15) is 23.2 Å². The van der Waals surface area contributed by atoms with Crippen molar-refractivity contribution in [3.8, 4) is 0 Å².